The van der Waals surface area contributed by atoms with Crippen molar-refractivity contribution < 1.29 is 16.8 Å². The lowest BCUT2D eigenvalue weighted by Gasteiger charge is -2.39. The monoisotopic (exact) mass is 608 g/mol. The van der Waals surface area contributed by atoms with Crippen LogP contribution in [0.1, 0.15) is 19.3 Å². The lowest BCUT2D eigenvalue weighted by molar-refractivity contribution is 0.327. The minimum Gasteiger partial charge on any atom is -0.223 e. The summed E-state index contributed by atoms with van der Waals surface area (Å²) in [4.78, 5) is 0.107. The minimum absolute atomic E-state index is 0.0442. The van der Waals surface area contributed by atoms with Crippen molar-refractivity contribution in [1.29, 1.82) is 0 Å². The highest BCUT2D eigenvalue weighted by molar-refractivity contribution is 14.1. The van der Waals surface area contributed by atoms with E-state index < -0.39 is 30.2 Å². The van der Waals surface area contributed by atoms with Gasteiger partial charge in [0.25, 0.3) is 0 Å². The zero-order valence-corrected chi connectivity index (χ0v) is 19.1. The molecule has 0 spiro atoms. The first kappa shape index (κ1) is 17.1. The Hall–Kier alpha value is 0.930. The second-order valence-electron chi connectivity index (χ2n) is 7.06. The standard InChI is InChI=1S/C15H14I2O4S3/c16-6-4-9(17)13-10(5-6)23(18,19)14-11-7-2-1-3-8(7)12(22-11)15(14)24(13,20)21/h4-5,7-8,11-12,14-15H,1-3H2. The van der Waals surface area contributed by atoms with Gasteiger partial charge in [-0.1, -0.05) is 6.42 Å². The average Bonchev–Trinajstić information content (AvgIpc) is 3.15. The molecule has 5 rings (SSSR count). The molecule has 3 heterocycles. The van der Waals surface area contributed by atoms with E-state index in [-0.39, 0.29) is 20.3 Å². The van der Waals surface area contributed by atoms with Crippen LogP contribution in [0.5, 0.6) is 0 Å². The highest BCUT2D eigenvalue weighted by Gasteiger charge is 2.69. The third-order valence-corrected chi connectivity index (χ3v) is 15.0. The van der Waals surface area contributed by atoms with E-state index >= 15 is 0 Å². The van der Waals surface area contributed by atoms with Crippen LogP contribution in [-0.2, 0) is 19.7 Å². The average molecular weight is 608 g/mol. The summed E-state index contributed by atoms with van der Waals surface area (Å²) >= 11 is 5.68. The van der Waals surface area contributed by atoms with E-state index in [0.29, 0.717) is 15.4 Å². The number of halogens is 2. The summed E-state index contributed by atoms with van der Waals surface area (Å²) in [5.74, 6) is 0.768. The Kier molecular flexibility index (Phi) is 3.74. The number of hydrogen-bond donors (Lipinski definition) is 0. The van der Waals surface area contributed by atoms with Gasteiger partial charge in [-0.2, -0.15) is 11.8 Å². The van der Waals surface area contributed by atoms with E-state index in [1.54, 1.807) is 23.9 Å². The maximum absolute atomic E-state index is 13.4. The fraction of sp³-hybridized carbons (Fsp3) is 0.600. The van der Waals surface area contributed by atoms with Crippen LogP contribution in [0.25, 0.3) is 0 Å². The highest BCUT2D eigenvalue weighted by atomic mass is 127. The topological polar surface area (TPSA) is 68.3 Å². The van der Waals surface area contributed by atoms with Gasteiger partial charge in [0.15, 0.2) is 19.7 Å². The van der Waals surface area contributed by atoms with Crippen molar-refractivity contribution in [1.82, 2.24) is 0 Å². The largest absolute Gasteiger partial charge is 0.223 e. The Morgan fingerprint density at radius 2 is 1.50 bits per heavy atom. The number of fused-ring (bicyclic) bond motifs is 9. The maximum atomic E-state index is 13.4. The third kappa shape index (κ3) is 1.96. The Balaban J connectivity index is 1.82. The normalized spacial score (nSPS) is 43.2. The summed E-state index contributed by atoms with van der Waals surface area (Å²) < 4.78 is 54.8. The number of benzene rings is 1. The molecule has 1 aliphatic carbocycles. The first-order valence-corrected chi connectivity index (χ1v) is 14.1. The van der Waals surface area contributed by atoms with Crippen LogP contribution in [0, 0.1) is 19.0 Å². The Bertz CT molecular complexity index is 973. The van der Waals surface area contributed by atoms with Gasteiger partial charge < -0.3 is 0 Å². The molecule has 1 saturated carbocycles. The summed E-state index contributed by atoms with van der Waals surface area (Å²) in [6.07, 6.45) is 3.20. The van der Waals surface area contributed by atoms with Crippen molar-refractivity contribution in [2.24, 2.45) is 11.8 Å². The highest BCUT2D eigenvalue weighted by Crippen LogP contribution is 2.64. The van der Waals surface area contributed by atoms with Gasteiger partial charge in [-0.3, -0.25) is 0 Å². The Labute approximate surface area is 173 Å². The molecule has 130 valence electrons. The van der Waals surface area contributed by atoms with Crippen LogP contribution in [0.15, 0.2) is 21.9 Å². The minimum atomic E-state index is -3.62. The number of rotatable bonds is 0. The molecule has 4 aliphatic rings. The fourth-order valence-corrected chi connectivity index (χ4v) is 17.6. The van der Waals surface area contributed by atoms with Gasteiger partial charge in [0.2, 0.25) is 0 Å². The van der Waals surface area contributed by atoms with Crippen LogP contribution in [0.3, 0.4) is 0 Å². The van der Waals surface area contributed by atoms with E-state index in [2.05, 4.69) is 22.6 Å². The predicted molar refractivity (Wildman–Crippen MR) is 110 cm³/mol. The van der Waals surface area contributed by atoms with Gasteiger partial charge in [-0.05, 0) is 82.0 Å². The van der Waals surface area contributed by atoms with Crippen LogP contribution in [0.2, 0.25) is 0 Å². The van der Waals surface area contributed by atoms with Crippen molar-refractivity contribution in [2.75, 3.05) is 0 Å². The molecule has 0 radical (unpaired) electrons. The summed E-state index contributed by atoms with van der Waals surface area (Å²) in [7, 11) is -7.23. The molecule has 1 aromatic rings. The SMILES string of the molecule is O=S1(=O)c2cc(I)cc(I)c2S(=O)(=O)C2C3SC(C4CCCC43)C21. The smallest absolute Gasteiger partial charge is 0.186 e. The van der Waals surface area contributed by atoms with Gasteiger partial charge in [0, 0.05) is 17.6 Å². The molecule has 4 nitrogen and oxygen atoms in total. The van der Waals surface area contributed by atoms with Crippen LogP contribution in [0.4, 0.5) is 0 Å². The summed E-state index contributed by atoms with van der Waals surface area (Å²) in [6, 6.07) is 3.30. The van der Waals surface area contributed by atoms with Crippen LogP contribution >= 0.6 is 56.9 Å². The fourth-order valence-electron chi connectivity index (χ4n) is 5.25. The second-order valence-corrected chi connectivity index (χ2v) is 14.9. The van der Waals surface area contributed by atoms with Crippen molar-refractivity contribution in [3.63, 3.8) is 0 Å². The van der Waals surface area contributed by atoms with Crippen LogP contribution in [-0.4, -0.2) is 37.8 Å². The summed E-state index contributed by atoms with van der Waals surface area (Å²) in [5.41, 5.74) is 0. The molecular formula is C15H14I2O4S3. The van der Waals surface area contributed by atoms with Crippen molar-refractivity contribution in [3.8, 4) is 0 Å². The first-order chi connectivity index (χ1) is 11.2. The summed E-state index contributed by atoms with van der Waals surface area (Å²) in [6.45, 7) is 0. The van der Waals surface area contributed by atoms with E-state index in [1.165, 1.54) is 0 Å². The zero-order chi connectivity index (χ0) is 17.0. The Morgan fingerprint density at radius 3 is 2.12 bits per heavy atom. The van der Waals surface area contributed by atoms with E-state index in [1.807, 2.05) is 22.6 Å². The molecule has 9 heteroatoms. The van der Waals surface area contributed by atoms with E-state index in [9.17, 15) is 16.8 Å². The van der Waals surface area contributed by atoms with Gasteiger partial charge in [-0.15, -0.1) is 0 Å². The second kappa shape index (κ2) is 5.26. The maximum Gasteiger partial charge on any atom is 0.186 e. The molecule has 0 aromatic heterocycles. The molecule has 3 fully saturated rings. The van der Waals surface area contributed by atoms with E-state index in [4.69, 9.17) is 0 Å². The molecule has 6 atom stereocenters. The Morgan fingerprint density at radius 1 is 0.917 bits per heavy atom. The third-order valence-electron chi connectivity index (χ3n) is 6.04. The lowest BCUT2D eigenvalue weighted by atomic mass is 9.81. The predicted octanol–water partition coefficient (Wildman–Crippen LogP) is 3.11. The molecule has 3 aliphatic heterocycles. The quantitative estimate of drug-likeness (QED) is 0.424. The molecule has 6 unspecified atom stereocenters. The van der Waals surface area contributed by atoms with Gasteiger partial charge in [0.05, 0.1) is 20.3 Å². The van der Waals surface area contributed by atoms with Crippen molar-refractivity contribution in [3.05, 3.63) is 19.3 Å². The number of sulfone groups is 2. The van der Waals surface area contributed by atoms with Crippen molar-refractivity contribution in [2.45, 2.75) is 50.1 Å². The van der Waals surface area contributed by atoms with Gasteiger partial charge >= 0.3 is 0 Å². The molecule has 24 heavy (non-hydrogen) atoms. The van der Waals surface area contributed by atoms with Crippen LogP contribution < -0.4 is 0 Å². The summed E-state index contributed by atoms with van der Waals surface area (Å²) in [5, 5.41) is -1.59. The molecular weight excluding hydrogens is 594 g/mol. The number of thioether (sulfide) groups is 1. The zero-order valence-electron chi connectivity index (χ0n) is 12.4. The number of hydrogen-bond acceptors (Lipinski definition) is 5. The van der Waals surface area contributed by atoms with Gasteiger partial charge in [0.1, 0.15) is 0 Å². The molecule has 1 aromatic carbocycles. The molecule has 2 bridgehead atoms. The first-order valence-electron chi connectivity index (χ1n) is 7.87. The van der Waals surface area contributed by atoms with E-state index in [0.717, 1.165) is 22.8 Å². The van der Waals surface area contributed by atoms with Gasteiger partial charge in [-0.25, -0.2) is 16.8 Å². The lowest BCUT2D eigenvalue weighted by Crippen LogP contribution is -2.55. The molecule has 2 saturated heterocycles. The van der Waals surface area contributed by atoms with Crippen molar-refractivity contribution >= 4 is 76.6 Å². The molecule has 0 N–H and O–H groups in total. The molecule has 0 amide bonds.